The number of amides is 3. The molecule has 1 aliphatic heterocycles. The van der Waals surface area contributed by atoms with E-state index >= 15 is 0 Å². The van der Waals surface area contributed by atoms with E-state index in [1.54, 1.807) is 21.7 Å². The zero-order valence-corrected chi connectivity index (χ0v) is 18.3. The van der Waals surface area contributed by atoms with Crippen LogP contribution in [0, 0.1) is 5.92 Å². The molecule has 3 N–H and O–H groups in total. The number of carbonyl (C=O) groups is 3. The molecule has 2 atom stereocenters. The van der Waals surface area contributed by atoms with E-state index in [1.807, 2.05) is 30.5 Å². The lowest BCUT2D eigenvalue weighted by molar-refractivity contribution is -0.146. The zero-order chi connectivity index (χ0) is 22.7. The number of aromatic nitrogens is 2. The average Bonchev–Trinajstić information content (AvgIpc) is 3.34. The smallest absolute Gasteiger partial charge is 0.313 e. The lowest BCUT2D eigenvalue weighted by atomic mass is 9.89. The van der Waals surface area contributed by atoms with E-state index in [9.17, 15) is 14.4 Å². The van der Waals surface area contributed by atoms with Gasteiger partial charge in [-0.15, -0.1) is 11.3 Å². The summed E-state index contributed by atoms with van der Waals surface area (Å²) in [6.07, 6.45) is 6.24. The fourth-order valence-electron chi connectivity index (χ4n) is 3.91. The molecule has 3 amide bonds. The van der Waals surface area contributed by atoms with E-state index in [2.05, 4.69) is 22.2 Å². The molecule has 2 aromatic heterocycles. The van der Waals surface area contributed by atoms with Crippen molar-refractivity contribution in [3.63, 3.8) is 0 Å². The Hall–Kier alpha value is -3.59. The second-order valence-corrected chi connectivity index (χ2v) is 8.81. The Morgan fingerprint density at radius 2 is 1.88 bits per heavy atom. The van der Waals surface area contributed by atoms with E-state index in [4.69, 9.17) is 5.73 Å². The van der Waals surface area contributed by atoms with Crippen LogP contribution in [0.3, 0.4) is 0 Å². The molecule has 0 spiro atoms. The summed E-state index contributed by atoms with van der Waals surface area (Å²) in [6.45, 7) is 2.56. The van der Waals surface area contributed by atoms with Gasteiger partial charge < -0.3 is 16.0 Å². The first-order valence-electron chi connectivity index (χ1n) is 10.3. The molecule has 0 radical (unpaired) electrons. The second kappa shape index (κ2) is 9.27. The molecule has 1 saturated heterocycles. The fourth-order valence-corrected chi connectivity index (χ4v) is 4.54. The molecule has 9 heteroatoms. The first kappa shape index (κ1) is 21.6. The highest BCUT2D eigenvalue weighted by atomic mass is 32.1. The third-order valence-electron chi connectivity index (χ3n) is 5.57. The molecule has 1 aromatic carbocycles. The molecule has 164 valence electrons. The summed E-state index contributed by atoms with van der Waals surface area (Å²) in [7, 11) is 0. The third-order valence-corrected chi connectivity index (χ3v) is 6.39. The Labute approximate surface area is 189 Å². The van der Waals surface area contributed by atoms with Crippen LogP contribution in [0.1, 0.15) is 41.7 Å². The Morgan fingerprint density at radius 3 is 2.56 bits per heavy atom. The van der Waals surface area contributed by atoms with E-state index in [-0.39, 0.29) is 17.3 Å². The second-order valence-electron chi connectivity index (χ2n) is 7.92. The molecule has 1 aliphatic rings. The highest BCUT2D eigenvalue weighted by molar-refractivity contribution is 7.13. The molecule has 8 nitrogen and oxygen atoms in total. The molecule has 3 aromatic rings. The average molecular weight is 450 g/mol. The van der Waals surface area contributed by atoms with E-state index in [0.29, 0.717) is 12.5 Å². The van der Waals surface area contributed by atoms with Crippen LogP contribution in [0.4, 0.5) is 5.69 Å². The summed E-state index contributed by atoms with van der Waals surface area (Å²) in [4.78, 5) is 47.9. The Kier molecular flexibility index (Phi) is 6.27. The summed E-state index contributed by atoms with van der Waals surface area (Å²) in [5, 5.41) is 2.54. The minimum absolute atomic E-state index is 0.153. The highest BCUT2D eigenvalue weighted by Gasteiger charge is 2.34. The normalized spacial score (nSPS) is 18.2. The first-order chi connectivity index (χ1) is 15.4. The van der Waals surface area contributed by atoms with Crippen LogP contribution in [0.5, 0.6) is 0 Å². The molecule has 1 fully saturated rings. The third kappa shape index (κ3) is 4.67. The predicted molar refractivity (Wildman–Crippen MR) is 122 cm³/mol. The number of carbonyl (C=O) groups excluding carboxylic acids is 3. The van der Waals surface area contributed by atoms with Gasteiger partial charge in [-0.3, -0.25) is 24.4 Å². The van der Waals surface area contributed by atoms with E-state index in [1.165, 1.54) is 18.5 Å². The topological polar surface area (TPSA) is 118 Å². The monoisotopic (exact) mass is 449 g/mol. The molecule has 3 heterocycles. The summed E-state index contributed by atoms with van der Waals surface area (Å²) in [6, 6.07) is 9.27. The Balaban J connectivity index is 1.52. The fraction of sp³-hybridized carbons (Fsp3) is 0.261. The maximum atomic E-state index is 13.1. The summed E-state index contributed by atoms with van der Waals surface area (Å²) < 4.78 is 0. The molecular weight excluding hydrogens is 426 g/mol. The standard InChI is InChI=1S/C23H23N5O3S/c1-14-2-7-19(15-3-5-16(6-4-15)20-11-26-13-32-20)28(12-14)23(31)22(30)27-18-8-17(21(24)29)9-25-10-18/h3-6,8-11,13-14,19H,2,7,12H2,1H3,(H2,24,29)(H,27,30)/t14-,19?/m0/s1. The number of nitrogens with zero attached hydrogens (tertiary/aromatic N) is 3. The van der Waals surface area contributed by atoms with Crippen LogP contribution >= 0.6 is 11.3 Å². The van der Waals surface area contributed by atoms with Crippen molar-refractivity contribution in [2.45, 2.75) is 25.8 Å². The number of nitrogens with two attached hydrogens (primary N) is 1. The summed E-state index contributed by atoms with van der Waals surface area (Å²) >= 11 is 1.57. The number of hydrogen-bond acceptors (Lipinski definition) is 6. The van der Waals surface area contributed by atoms with Crippen LogP contribution in [-0.2, 0) is 9.59 Å². The molecule has 32 heavy (non-hydrogen) atoms. The van der Waals surface area contributed by atoms with Gasteiger partial charge in [0, 0.05) is 18.9 Å². The number of pyridine rings is 1. The maximum absolute atomic E-state index is 13.1. The van der Waals surface area contributed by atoms with Crippen molar-refractivity contribution in [3.05, 3.63) is 65.6 Å². The maximum Gasteiger partial charge on any atom is 0.313 e. The van der Waals surface area contributed by atoms with Gasteiger partial charge in [-0.1, -0.05) is 31.2 Å². The summed E-state index contributed by atoms with van der Waals surface area (Å²) in [5.41, 5.74) is 9.51. The van der Waals surface area contributed by atoms with Gasteiger partial charge in [0.05, 0.1) is 33.9 Å². The number of hydrogen-bond donors (Lipinski definition) is 2. The van der Waals surface area contributed by atoms with Gasteiger partial charge in [-0.05, 0) is 36.0 Å². The van der Waals surface area contributed by atoms with Crippen molar-refractivity contribution >= 4 is 34.7 Å². The van der Waals surface area contributed by atoms with Crippen molar-refractivity contribution in [2.24, 2.45) is 11.7 Å². The van der Waals surface area contributed by atoms with Crippen molar-refractivity contribution in [3.8, 4) is 10.4 Å². The number of rotatable bonds is 4. The highest BCUT2D eigenvalue weighted by Crippen LogP contribution is 2.35. The number of nitrogens with one attached hydrogen (secondary N) is 1. The molecule has 4 rings (SSSR count). The molecule has 0 saturated carbocycles. The lowest BCUT2D eigenvalue weighted by Crippen LogP contribution is -2.46. The van der Waals surface area contributed by atoms with Crippen LogP contribution < -0.4 is 11.1 Å². The number of piperidine rings is 1. The van der Waals surface area contributed by atoms with Crippen molar-refractivity contribution in [2.75, 3.05) is 11.9 Å². The van der Waals surface area contributed by atoms with Crippen molar-refractivity contribution in [1.29, 1.82) is 0 Å². The number of thiazole rings is 1. The zero-order valence-electron chi connectivity index (χ0n) is 17.5. The number of likely N-dealkylation sites (tertiary alicyclic amines) is 1. The summed E-state index contributed by atoms with van der Waals surface area (Å²) in [5.74, 6) is -1.75. The molecular formula is C23H23N5O3S. The van der Waals surface area contributed by atoms with Gasteiger partial charge >= 0.3 is 11.8 Å². The lowest BCUT2D eigenvalue weighted by Gasteiger charge is -2.38. The van der Waals surface area contributed by atoms with Gasteiger partial charge in [0.2, 0.25) is 5.91 Å². The van der Waals surface area contributed by atoms with Gasteiger partial charge in [0.15, 0.2) is 0 Å². The first-order valence-corrected chi connectivity index (χ1v) is 11.2. The van der Waals surface area contributed by atoms with Crippen molar-refractivity contribution < 1.29 is 14.4 Å². The van der Waals surface area contributed by atoms with E-state index < -0.39 is 17.7 Å². The van der Waals surface area contributed by atoms with Crippen LogP contribution in [0.25, 0.3) is 10.4 Å². The quantitative estimate of drug-likeness (QED) is 0.593. The Morgan fingerprint density at radius 1 is 1.09 bits per heavy atom. The van der Waals surface area contributed by atoms with Gasteiger partial charge in [-0.2, -0.15) is 0 Å². The van der Waals surface area contributed by atoms with Crippen molar-refractivity contribution in [1.82, 2.24) is 14.9 Å². The molecule has 0 bridgehead atoms. The number of primary amides is 1. The predicted octanol–water partition coefficient (Wildman–Crippen LogP) is 3.24. The van der Waals surface area contributed by atoms with Crippen LogP contribution in [0.15, 0.2) is 54.4 Å². The molecule has 1 unspecified atom stereocenters. The Bertz CT molecular complexity index is 1130. The number of benzene rings is 1. The van der Waals surface area contributed by atoms with Crippen LogP contribution in [0.2, 0.25) is 0 Å². The van der Waals surface area contributed by atoms with Gasteiger partial charge in [0.1, 0.15) is 0 Å². The van der Waals surface area contributed by atoms with E-state index in [0.717, 1.165) is 28.8 Å². The van der Waals surface area contributed by atoms with Crippen LogP contribution in [-0.4, -0.2) is 39.1 Å². The minimum atomic E-state index is -0.770. The largest absolute Gasteiger partial charge is 0.366 e. The number of anilines is 1. The van der Waals surface area contributed by atoms with Gasteiger partial charge in [-0.25, -0.2) is 0 Å². The molecule has 0 aliphatic carbocycles. The minimum Gasteiger partial charge on any atom is -0.366 e. The SMILES string of the molecule is C[C@H]1CCC(c2ccc(-c3cncs3)cc2)N(C(=O)C(=O)Nc2cncc(C(N)=O)c2)C1. The van der Waals surface area contributed by atoms with Gasteiger partial charge in [0.25, 0.3) is 0 Å².